The van der Waals surface area contributed by atoms with Crippen LogP contribution in [0.4, 0.5) is 0 Å². The molecular formula is C5H6AlN. The predicted molar refractivity (Wildman–Crippen MR) is 32.4 cm³/mol. The van der Waals surface area contributed by atoms with Gasteiger partial charge in [0.1, 0.15) is 0 Å². The zero-order chi connectivity index (χ0) is 5.11. The molecule has 2 heteroatoms. The lowest BCUT2D eigenvalue weighted by Gasteiger charge is -1.82. The minimum Gasteiger partial charge on any atom is -0.266 e. The summed E-state index contributed by atoms with van der Waals surface area (Å²) in [5.74, 6) is 0. The first kappa shape index (κ1) is 4.83. The van der Waals surface area contributed by atoms with Crippen molar-refractivity contribution in [3.05, 3.63) is 24.5 Å². The molecule has 0 fully saturated rings. The minimum atomic E-state index is 1.11. The minimum absolute atomic E-state index is 1.11. The van der Waals surface area contributed by atoms with Crippen molar-refractivity contribution in [1.29, 1.82) is 0 Å². The van der Waals surface area contributed by atoms with E-state index in [9.17, 15) is 0 Å². The van der Waals surface area contributed by atoms with Gasteiger partial charge in [0.2, 0.25) is 0 Å². The summed E-state index contributed by atoms with van der Waals surface area (Å²) >= 11 is 1.11. The fourth-order valence-corrected chi connectivity index (χ4v) is 0.790. The topological polar surface area (TPSA) is 12.9 Å². The SMILES string of the molecule is [AlH2][c]1cccnc1. The molecular weight excluding hydrogens is 101 g/mol. The second kappa shape index (κ2) is 2.11. The van der Waals surface area contributed by atoms with Gasteiger partial charge in [-0.05, 0) is 6.07 Å². The summed E-state index contributed by atoms with van der Waals surface area (Å²) in [4.78, 5) is 3.92. The molecule has 1 rings (SSSR count). The van der Waals surface area contributed by atoms with Gasteiger partial charge < -0.3 is 0 Å². The van der Waals surface area contributed by atoms with E-state index in [1.165, 1.54) is 4.43 Å². The van der Waals surface area contributed by atoms with Crippen molar-refractivity contribution in [3.8, 4) is 0 Å². The lowest BCUT2D eigenvalue weighted by atomic mass is 10.5. The van der Waals surface area contributed by atoms with E-state index in [1.807, 2.05) is 12.3 Å². The zero-order valence-corrected chi connectivity index (χ0v) is 6.26. The van der Waals surface area contributed by atoms with Crippen LogP contribution >= 0.6 is 0 Å². The molecule has 0 N–H and O–H groups in total. The van der Waals surface area contributed by atoms with Crippen LogP contribution in [0.5, 0.6) is 0 Å². The molecule has 0 aromatic carbocycles. The smallest absolute Gasteiger partial charge is 0.261 e. The first-order valence-corrected chi connectivity index (χ1v) is 3.26. The maximum atomic E-state index is 3.92. The van der Waals surface area contributed by atoms with Crippen LogP contribution in [0.2, 0.25) is 0 Å². The van der Waals surface area contributed by atoms with Crippen molar-refractivity contribution in [1.82, 2.24) is 4.98 Å². The van der Waals surface area contributed by atoms with Crippen molar-refractivity contribution in [2.75, 3.05) is 0 Å². The summed E-state index contributed by atoms with van der Waals surface area (Å²) in [7, 11) is 0. The Kier molecular flexibility index (Phi) is 1.46. The van der Waals surface area contributed by atoms with Crippen molar-refractivity contribution in [2.24, 2.45) is 0 Å². The molecule has 34 valence electrons. The van der Waals surface area contributed by atoms with Crippen LogP contribution in [0.3, 0.4) is 0 Å². The number of rotatable bonds is 0. The average Bonchev–Trinajstić information content (AvgIpc) is 1.69. The Labute approximate surface area is 50.8 Å². The third-order valence-electron chi connectivity index (χ3n) is 0.809. The van der Waals surface area contributed by atoms with Crippen molar-refractivity contribution >= 4 is 20.7 Å². The highest BCUT2D eigenvalue weighted by atomic mass is 27.0. The standard InChI is InChI=1S/C5H4N.Al.2H/c1-2-4-6-5-3-1;;;/h1-2,4-5H;;;. The molecule has 7 heavy (non-hydrogen) atoms. The molecule has 0 spiro atoms. The molecule has 0 radical (unpaired) electrons. The number of pyridine rings is 1. The normalized spacial score (nSPS) is 8.57. The van der Waals surface area contributed by atoms with E-state index in [-0.39, 0.29) is 0 Å². The fraction of sp³-hybridized carbons (Fsp3) is 0. The van der Waals surface area contributed by atoms with Gasteiger partial charge in [-0.25, -0.2) is 0 Å². The predicted octanol–water partition coefficient (Wildman–Crippen LogP) is -0.660. The Balaban J connectivity index is 3.02. The summed E-state index contributed by atoms with van der Waals surface area (Å²) in [6.45, 7) is 0. The number of hydrogen-bond donors (Lipinski definition) is 0. The van der Waals surface area contributed by atoms with E-state index < -0.39 is 0 Å². The Hall–Kier alpha value is -0.318. The van der Waals surface area contributed by atoms with Crippen LogP contribution in [-0.2, 0) is 0 Å². The molecule has 0 saturated carbocycles. The molecule has 0 aliphatic heterocycles. The Morgan fingerprint density at radius 1 is 1.57 bits per heavy atom. The van der Waals surface area contributed by atoms with E-state index in [0.717, 1.165) is 16.3 Å². The van der Waals surface area contributed by atoms with Crippen LogP contribution in [0.1, 0.15) is 0 Å². The molecule has 0 amide bonds. The monoisotopic (exact) mass is 107 g/mol. The van der Waals surface area contributed by atoms with Crippen LogP contribution < -0.4 is 4.43 Å². The summed E-state index contributed by atoms with van der Waals surface area (Å²) in [6.07, 6.45) is 3.69. The molecule has 0 bridgehead atoms. The molecule has 1 aromatic rings. The van der Waals surface area contributed by atoms with E-state index in [2.05, 4.69) is 11.1 Å². The maximum absolute atomic E-state index is 3.92. The molecule has 0 unspecified atom stereocenters. The highest BCUT2D eigenvalue weighted by molar-refractivity contribution is 6.31. The Morgan fingerprint density at radius 2 is 2.43 bits per heavy atom. The molecule has 0 aliphatic carbocycles. The van der Waals surface area contributed by atoms with Gasteiger partial charge in [-0.2, -0.15) is 0 Å². The van der Waals surface area contributed by atoms with Gasteiger partial charge in [0.25, 0.3) is 16.3 Å². The van der Waals surface area contributed by atoms with Crippen LogP contribution in [-0.4, -0.2) is 21.3 Å². The van der Waals surface area contributed by atoms with Gasteiger partial charge in [0.05, 0.1) is 0 Å². The van der Waals surface area contributed by atoms with Gasteiger partial charge in [-0.1, -0.05) is 6.07 Å². The van der Waals surface area contributed by atoms with Crippen LogP contribution in [0.15, 0.2) is 24.5 Å². The molecule has 0 aliphatic rings. The fourth-order valence-electron chi connectivity index (χ4n) is 0.448. The van der Waals surface area contributed by atoms with E-state index in [4.69, 9.17) is 0 Å². The molecule has 1 nitrogen and oxygen atoms in total. The van der Waals surface area contributed by atoms with Crippen LogP contribution in [0, 0.1) is 0 Å². The summed E-state index contributed by atoms with van der Waals surface area (Å²) < 4.78 is 1.35. The van der Waals surface area contributed by atoms with Crippen molar-refractivity contribution < 1.29 is 0 Å². The molecule has 1 aromatic heterocycles. The lowest BCUT2D eigenvalue weighted by molar-refractivity contribution is 1.35. The average molecular weight is 107 g/mol. The second-order valence-electron chi connectivity index (χ2n) is 1.53. The number of nitrogens with zero attached hydrogens (tertiary/aromatic N) is 1. The Morgan fingerprint density at radius 3 is 2.71 bits per heavy atom. The second-order valence-corrected chi connectivity index (χ2v) is 2.69. The van der Waals surface area contributed by atoms with Gasteiger partial charge in [0.15, 0.2) is 0 Å². The van der Waals surface area contributed by atoms with E-state index in [0.29, 0.717) is 0 Å². The summed E-state index contributed by atoms with van der Waals surface area (Å²) in [6, 6.07) is 4.04. The zero-order valence-electron chi connectivity index (χ0n) is 4.26. The van der Waals surface area contributed by atoms with E-state index in [1.54, 1.807) is 6.20 Å². The molecule has 0 atom stereocenters. The van der Waals surface area contributed by atoms with Gasteiger partial charge in [-0.15, -0.1) is 4.43 Å². The first-order chi connectivity index (χ1) is 3.39. The molecule has 0 saturated heterocycles. The van der Waals surface area contributed by atoms with Crippen molar-refractivity contribution in [2.45, 2.75) is 0 Å². The highest BCUT2D eigenvalue weighted by Crippen LogP contribution is 1.70. The van der Waals surface area contributed by atoms with Crippen LogP contribution in [0.25, 0.3) is 0 Å². The number of hydrogen-bond acceptors (Lipinski definition) is 1. The van der Waals surface area contributed by atoms with Gasteiger partial charge >= 0.3 is 0 Å². The maximum Gasteiger partial charge on any atom is 0.261 e. The van der Waals surface area contributed by atoms with E-state index >= 15 is 0 Å². The summed E-state index contributed by atoms with van der Waals surface area (Å²) in [5, 5.41) is 0. The first-order valence-electron chi connectivity index (χ1n) is 2.26. The summed E-state index contributed by atoms with van der Waals surface area (Å²) in [5.41, 5.74) is 0. The quantitative estimate of drug-likeness (QED) is 0.401. The van der Waals surface area contributed by atoms with Gasteiger partial charge in [0, 0.05) is 12.4 Å². The van der Waals surface area contributed by atoms with Gasteiger partial charge in [-0.3, -0.25) is 4.98 Å². The number of aromatic nitrogens is 1. The largest absolute Gasteiger partial charge is 0.266 e. The third kappa shape index (κ3) is 1.31. The Bertz CT molecular complexity index is 138. The lowest BCUT2D eigenvalue weighted by Crippen LogP contribution is -1.99. The molecule has 1 heterocycles. The van der Waals surface area contributed by atoms with Crippen molar-refractivity contribution in [3.63, 3.8) is 0 Å². The third-order valence-corrected chi connectivity index (χ3v) is 1.40. The highest BCUT2D eigenvalue weighted by Gasteiger charge is 1.74.